The van der Waals surface area contributed by atoms with Crippen molar-refractivity contribution in [1.82, 2.24) is 9.47 Å². The number of amides is 2. The number of aromatic nitrogens is 1. The summed E-state index contributed by atoms with van der Waals surface area (Å²) in [5, 5.41) is 4.50. The highest BCUT2D eigenvalue weighted by Gasteiger charge is 2.36. The monoisotopic (exact) mass is 433 g/mol. The minimum absolute atomic E-state index is 0.0145. The van der Waals surface area contributed by atoms with Gasteiger partial charge >= 0.3 is 6.03 Å². The quantitative estimate of drug-likeness (QED) is 0.489. The van der Waals surface area contributed by atoms with Crippen molar-refractivity contribution < 1.29 is 4.79 Å². The molecule has 0 saturated carbocycles. The van der Waals surface area contributed by atoms with Crippen LogP contribution < -0.4 is 5.32 Å². The van der Waals surface area contributed by atoms with Gasteiger partial charge in [0.15, 0.2) is 0 Å². The van der Waals surface area contributed by atoms with E-state index in [2.05, 4.69) is 66.0 Å². The van der Waals surface area contributed by atoms with Crippen LogP contribution in [0.5, 0.6) is 0 Å². The molecule has 1 aromatic carbocycles. The SMILES string of the molecule is CCc1ccc(NC(=O)N2Cc3c(sc4c3CCCC4)-n3cccc3C2C(C)C)cc1. The number of carbonyl (C=O) groups excluding carboxylic acids is 1. The molecule has 0 radical (unpaired) electrons. The minimum Gasteiger partial charge on any atom is -0.311 e. The first kappa shape index (κ1) is 20.4. The minimum atomic E-state index is -0.0145. The van der Waals surface area contributed by atoms with E-state index in [-0.39, 0.29) is 12.1 Å². The molecular formula is C26H31N3OS. The van der Waals surface area contributed by atoms with E-state index in [1.54, 1.807) is 0 Å². The summed E-state index contributed by atoms with van der Waals surface area (Å²) in [4.78, 5) is 17.2. The third kappa shape index (κ3) is 3.59. The Balaban J connectivity index is 1.55. The van der Waals surface area contributed by atoms with Gasteiger partial charge < -0.3 is 14.8 Å². The zero-order chi connectivity index (χ0) is 21.5. The van der Waals surface area contributed by atoms with Gasteiger partial charge in [-0.3, -0.25) is 0 Å². The van der Waals surface area contributed by atoms with E-state index in [0.29, 0.717) is 12.5 Å². The average molecular weight is 434 g/mol. The lowest BCUT2D eigenvalue weighted by Gasteiger charge is -2.33. The Labute approximate surface area is 188 Å². The van der Waals surface area contributed by atoms with Crippen LogP contribution in [0.3, 0.4) is 0 Å². The Morgan fingerprint density at radius 2 is 1.90 bits per heavy atom. The van der Waals surface area contributed by atoms with Gasteiger partial charge in [0, 0.05) is 28.0 Å². The largest absolute Gasteiger partial charge is 0.322 e. The van der Waals surface area contributed by atoms with Crippen molar-refractivity contribution in [1.29, 1.82) is 0 Å². The van der Waals surface area contributed by atoms with Gasteiger partial charge in [0.1, 0.15) is 5.00 Å². The van der Waals surface area contributed by atoms with E-state index in [9.17, 15) is 4.79 Å². The van der Waals surface area contributed by atoms with Crippen molar-refractivity contribution >= 4 is 23.1 Å². The Morgan fingerprint density at radius 3 is 2.65 bits per heavy atom. The first-order chi connectivity index (χ1) is 15.1. The fourth-order valence-electron chi connectivity index (χ4n) is 5.14. The van der Waals surface area contributed by atoms with Gasteiger partial charge in [-0.1, -0.05) is 32.9 Å². The summed E-state index contributed by atoms with van der Waals surface area (Å²) >= 11 is 1.94. The van der Waals surface area contributed by atoms with E-state index in [0.717, 1.165) is 18.5 Å². The highest BCUT2D eigenvalue weighted by atomic mass is 32.1. The van der Waals surface area contributed by atoms with Crippen molar-refractivity contribution in [2.45, 2.75) is 65.5 Å². The Morgan fingerprint density at radius 1 is 1.13 bits per heavy atom. The second kappa shape index (κ2) is 8.19. The molecule has 1 unspecified atom stereocenters. The van der Waals surface area contributed by atoms with E-state index in [4.69, 9.17) is 0 Å². The molecule has 1 N–H and O–H groups in total. The van der Waals surface area contributed by atoms with Crippen LogP contribution in [0, 0.1) is 5.92 Å². The molecule has 1 aliphatic heterocycles. The normalized spacial score (nSPS) is 17.7. The zero-order valence-electron chi connectivity index (χ0n) is 18.6. The smallest absolute Gasteiger partial charge is 0.311 e. The summed E-state index contributed by atoms with van der Waals surface area (Å²) in [6.45, 7) is 7.25. The predicted octanol–water partition coefficient (Wildman–Crippen LogP) is 6.72. The van der Waals surface area contributed by atoms with E-state index < -0.39 is 0 Å². The standard InChI is InChI=1S/C26H31N3OS/c1-4-18-11-13-19(14-12-18)27-26(30)29-16-21-20-8-5-6-10-23(20)31-25(21)28-15-7-9-22(28)24(29)17(2)3/h7,9,11-15,17,24H,4-6,8,10,16H2,1-3H3,(H,27,30). The summed E-state index contributed by atoms with van der Waals surface area (Å²) in [5.74, 6) is 0.312. The van der Waals surface area contributed by atoms with Crippen LogP contribution in [0.2, 0.25) is 0 Å². The maximum atomic E-state index is 13.6. The van der Waals surface area contributed by atoms with E-state index in [1.807, 2.05) is 23.5 Å². The van der Waals surface area contributed by atoms with Gasteiger partial charge in [-0.15, -0.1) is 11.3 Å². The number of nitrogens with zero attached hydrogens (tertiary/aromatic N) is 2. The lowest BCUT2D eigenvalue weighted by molar-refractivity contribution is 0.161. The van der Waals surface area contributed by atoms with Gasteiger partial charge in [-0.25, -0.2) is 4.79 Å². The second-order valence-corrected chi connectivity index (χ2v) is 10.2. The number of anilines is 1. The van der Waals surface area contributed by atoms with Crippen molar-refractivity contribution in [2.75, 3.05) is 5.32 Å². The molecule has 1 atom stereocenters. The number of thiophene rings is 1. The van der Waals surface area contributed by atoms with Crippen LogP contribution in [-0.2, 0) is 25.8 Å². The topological polar surface area (TPSA) is 37.3 Å². The first-order valence-corrected chi connectivity index (χ1v) is 12.4. The number of hydrogen-bond donors (Lipinski definition) is 1. The number of carbonyl (C=O) groups is 1. The van der Waals surface area contributed by atoms with Crippen molar-refractivity contribution in [3.63, 3.8) is 0 Å². The molecule has 5 heteroatoms. The molecule has 2 aliphatic rings. The molecule has 1 aliphatic carbocycles. The van der Waals surface area contributed by atoms with Gasteiger partial charge in [-0.05, 0) is 73.4 Å². The number of urea groups is 1. The number of hydrogen-bond acceptors (Lipinski definition) is 2. The Bertz CT molecular complexity index is 1090. The van der Waals surface area contributed by atoms with Crippen LogP contribution in [-0.4, -0.2) is 15.5 Å². The number of nitrogens with one attached hydrogen (secondary N) is 1. The fraction of sp³-hybridized carbons (Fsp3) is 0.423. The molecule has 2 amide bonds. The third-order valence-electron chi connectivity index (χ3n) is 6.73. The maximum absolute atomic E-state index is 13.6. The van der Waals surface area contributed by atoms with Crippen molar-refractivity contribution in [3.8, 4) is 5.00 Å². The first-order valence-electron chi connectivity index (χ1n) is 11.5. The van der Waals surface area contributed by atoms with Gasteiger partial charge in [0.05, 0.1) is 12.6 Å². The zero-order valence-corrected chi connectivity index (χ0v) is 19.5. The maximum Gasteiger partial charge on any atom is 0.322 e. The summed E-state index contributed by atoms with van der Waals surface area (Å²) in [7, 11) is 0. The van der Waals surface area contributed by atoms with E-state index in [1.165, 1.54) is 51.5 Å². The molecule has 162 valence electrons. The Kier molecular flexibility index (Phi) is 5.39. The van der Waals surface area contributed by atoms with Crippen molar-refractivity contribution in [3.05, 3.63) is 69.9 Å². The molecule has 0 spiro atoms. The molecule has 3 aromatic rings. The number of rotatable bonds is 3. The summed E-state index contributed by atoms with van der Waals surface area (Å²) < 4.78 is 2.35. The average Bonchev–Trinajstić information content (AvgIpc) is 3.35. The number of benzene rings is 1. The predicted molar refractivity (Wildman–Crippen MR) is 128 cm³/mol. The van der Waals surface area contributed by atoms with Gasteiger partial charge in [0.25, 0.3) is 0 Å². The van der Waals surface area contributed by atoms with Gasteiger partial charge in [-0.2, -0.15) is 0 Å². The fourth-order valence-corrected chi connectivity index (χ4v) is 6.55. The molecular weight excluding hydrogens is 402 g/mol. The molecule has 0 fully saturated rings. The molecule has 31 heavy (non-hydrogen) atoms. The Hall–Kier alpha value is -2.53. The molecule has 5 rings (SSSR count). The number of fused-ring (bicyclic) bond motifs is 5. The molecule has 2 aromatic heterocycles. The summed E-state index contributed by atoms with van der Waals surface area (Å²) in [5.41, 5.74) is 6.21. The van der Waals surface area contributed by atoms with E-state index >= 15 is 0 Å². The third-order valence-corrected chi connectivity index (χ3v) is 8.07. The van der Waals surface area contributed by atoms with Crippen LogP contribution in [0.25, 0.3) is 5.00 Å². The number of aryl methyl sites for hydroxylation is 2. The molecule has 4 nitrogen and oxygen atoms in total. The molecule has 0 saturated heterocycles. The molecule has 3 heterocycles. The van der Waals surface area contributed by atoms with Crippen LogP contribution >= 0.6 is 11.3 Å². The summed E-state index contributed by atoms with van der Waals surface area (Å²) in [6, 6.07) is 12.5. The highest BCUT2D eigenvalue weighted by Crippen LogP contribution is 2.44. The van der Waals surface area contributed by atoms with Crippen LogP contribution in [0.15, 0.2) is 42.6 Å². The summed E-state index contributed by atoms with van der Waals surface area (Å²) in [6.07, 6.45) is 8.01. The van der Waals surface area contributed by atoms with Gasteiger partial charge in [0.2, 0.25) is 0 Å². The van der Waals surface area contributed by atoms with Crippen molar-refractivity contribution in [2.24, 2.45) is 5.92 Å². The van der Waals surface area contributed by atoms with Crippen LogP contribution in [0.1, 0.15) is 66.9 Å². The molecule has 0 bridgehead atoms. The van der Waals surface area contributed by atoms with Crippen LogP contribution in [0.4, 0.5) is 10.5 Å². The highest BCUT2D eigenvalue weighted by molar-refractivity contribution is 7.15. The second-order valence-electron chi connectivity index (χ2n) is 9.10. The lowest BCUT2D eigenvalue weighted by Crippen LogP contribution is -2.39. The lowest BCUT2D eigenvalue weighted by atomic mass is 9.94.